The van der Waals surface area contributed by atoms with Crippen molar-refractivity contribution in [2.75, 3.05) is 7.05 Å². The molecule has 0 saturated heterocycles. The van der Waals surface area contributed by atoms with E-state index in [1.54, 1.807) is 16.2 Å². The van der Waals surface area contributed by atoms with Crippen LogP contribution in [0.1, 0.15) is 16.3 Å². The maximum absolute atomic E-state index is 11.8. The first-order chi connectivity index (χ1) is 7.08. The molecule has 0 radical (unpaired) electrons. The van der Waals surface area contributed by atoms with Gasteiger partial charge in [-0.2, -0.15) is 0 Å². The molecule has 1 saturated carbocycles. The quantitative estimate of drug-likeness (QED) is 0.826. The van der Waals surface area contributed by atoms with Gasteiger partial charge in [0.2, 0.25) is 5.91 Å². The lowest BCUT2D eigenvalue weighted by atomic mass is 10.3. The van der Waals surface area contributed by atoms with Crippen LogP contribution in [-0.4, -0.2) is 28.9 Å². The summed E-state index contributed by atoms with van der Waals surface area (Å²) in [6.45, 7) is 2.61. The minimum Gasteiger partial charge on any atom is -0.340 e. The molecule has 0 aliphatic heterocycles. The number of rotatable bonds is 3. The van der Waals surface area contributed by atoms with E-state index in [0.717, 1.165) is 16.3 Å². The van der Waals surface area contributed by atoms with E-state index in [4.69, 9.17) is 5.73 Å². The largest absolute Gasteiger partial charge is 0.340 e. The Kier molecular flexibility index (Phi) is 2.75. The van der Waals surface area contributed by atoms with Gasteiger partial charge in [0.15, 0.2) is 0 Å². The molecule has 4 nitrogen and oxygen atoms in total. The summed E-state index contributed by atoms with van der Waals surface area (Å²) in [7, 11) is 1.82. The summed E-state index contributed by atoms with van der Waals surface area (Å²) in [6, 6.07) is 0.0862. The van der Waals surface area contributed by atoms with Crippen LogP contribution in [0.2, 0.25) is 0 Å². The van der Waals surface area contributed by atoms with E-state index < -0.39 is 0 Å². The standard InChI is InChI=1S/C10H15N3OS/c1-6-12-4-7(15-6)5-13(2)10(14)8-3-9(8)11/h4,8-9H,3,5,11H2,1-2H3. The molecule has 82 valence electrons. The van der Waals surface area contributed by atoms with Gasteiger partial charge in [0.1, 0.15) is 0 Å². The van der Waals surface area contributed by atoms with Gasteiger partial charge in [-0.1, -0.05) is 0 Å². The van der Waals surface area contributed by atoms with E-state index in [1.165, 1.54) is 0 Å². The Balaban J connectivity index is 1.92. The van der Waals surface area contributed by atoms with Gasteiger partial charge in [-0.15, -0.1) is 11.3 Å². The zero-order valence-electron chi connectivity index (χ0n) is 8.93. The van der Waals surface area contributed by atoms with Gasteiger partial charge in [-0.3, -0.25) is 4.79 Å². The van der Waals surface area contributed by atoms with Crippen LogP contribution in [0.5, 0.6) is 0 Å². The third kappa shape index (κ3) is 2.35. The number of hydrogen-bond donors (Lipinski definition) is 1. The van der Waals surface area contributed by atoms with Crippen LogP contribution in [0, 0.1) is 12.8 Å². The highest BCUT2D eigenvalue weighted by Gasteiger charge is 2.41. The Morgan fingerprint density at radius 2 is 2.47 bits per heavy atom. The van der Waals surface area contributed by atoms with Gasteiger partial charge in [0, 0.05) is 24.2 Å². The summed E-state index contributed by atoms with van der Waals surface area (Å²) in [5.74, 6) is 0.220. The topological polar surface area (TPSA) is 59.2 Å². The molecule has 2 atom stereocenters. The van der Waals surface area contributed by atoms with Gasteiger partial charge >= 0.3 is 0 Å². The van der Waals surface area contributed by atoms with Crippen LogP contribution in [0.25, 0.3) is 0 Å². The maximum atomic E-state index is 11.8. The average Bonchev–Trinajstić information content (AvgIpc) is 2.77. The lowest BCUT2D eigenvalue weighted by Crippen LogP contribution is -2.29. The predicted octanol–water partition coefficient (Wildman–Crippen LogP) is 0.757. The number of hydrogen-bond acceptors (Lipinski definition) is 4. The van der Waals surface area contributed by atoms with Gasteiger partial charge in [0.05, 0.1) is 17.5 Å². The molecule has 2 unspecified atom stereocenters. The molecule has 1 aliphatic rings. The van der Waals surface area contributed by atoms with Crippen molar-refractivity contribution >= 4 is 17.2 Å². The summed E-state index contributed by atoms with van der Waals surface area (Å²) in [5, 5.41) is 1.04. The lowest BCUT2D eigenvalue weighted by molar-refractivity contribution is -0.131. The van der Waals surface area contributed by atoms with Crippen LogP contribution in [0.4, 0.5) is 0 Å². The van der Waals surface area contributed by atoms with E-state index in [-0.39, 0.29) is 17.9 Å². The van der Waals surface area contributed by atoms with Crippen molar-refractivity contribution in [3.05, 3.63) is 16.1 Å². The summed E-state index contributed by atoms with van der Waals surface area (Å²) in [4.78, 5) is 18.8. The number of carbonyl (C=O) groups excluding carboxylic acids is 1. The smallest absolute Gasteiger partial charge is 0.227 e. The highest BCUT2D eigenvalue weighted by atomic mass is 32.1. The molecule has 0 aromatic carbocycles. The van der Waals surface area contributed by atoms with Crippen LogP contribution in [0.15, 0.2) is 6.20 Å². The fourth-order valence-corrected chi connectivity index (χ4v) is 2.42. The number of nitrogens with two attached hydrogens (primary N) is 1. The number of carbonyl (C=O) groups is 1. The van der Waals surface area contributed by atoms with Crippen molar-refractivity contribution in [3.8, 4) is 0 Å². The first kappa shape index (κ1) is 10.6. The second-order valence-corrected chi connectivity index (χ2v) is 5.37. The summed E-state index contributed by atoms with van der Waals surface area (Å²) in [6.07, 6.45) is 2.67. The van der Waals surface area contributed by atoms with Crippen molar-refractivity contribution in [2.45, 2.75) is 25.9 Å². The van der Waals surface area contributed by atoms with Crippen molar-refractivity contribution in [1.82, 2.24) is 9.88 Å². The molecule has 5 heteroatoms. The Morgan fingerprint density at radius 1 is 1.80 bits per heavy atom. The second-order valence-electron chi connectivity index (χ2n) is 4.05. The molecule has 1 heterocycles. The summed E-state index contributed by atoms with van der Waals surface area (Å²) in [5.41, 5.74) is 5.65. The zero-order chi connectivity index (χ0) is 11.0. The van der Waals surface area contributed by atoms with Gasteiger partial charge < -0.3 is 10.6 Å². The Labute approximate surface area is 93.1 Å². The average molecular weight is 225 g/mol. The van der Waals surface area contributed by atoms with Crippen LogP contribution in [0.3, 0.4) is 0 Å². The number of nitrogens with zero attached hydrogens (tertiary/aromatic N) is 2. The molecule has 1 fully saturated rings. The molecule has 1 aliphatic carbocycles. The Hall–Kier alpha value is -0.940. The van der Waals surface area contributed by atoms with E-state index in [2.05, 4.69) is 4.98 Å². The lowest BCUT2D eigenvalue weighted by Gasteiger charge is -2.15. The van der Waals surface area contributed by atoms with E-state index in [1.807, 2.05) is 20.2 Å². The Bertz CT molecular complexity index is 376. The minimum absolute atomic E-state index is 0.0593. The highest BCUT2D eigenvalue weighted by Crippen LogP contribution is 2.30. The molecular weight excluding hydrogens is 210 g/mol. The number of thiazole rings is 1. The molecule has 15 heavy (non-hydrogen) atoms. The molecule has 0 bridgehead atoms. The fraction of sp³-hybridized carbons (Fsp3) is 0.600. The van der Waals surface area contributed by atoms with E-state index in [0.29, 0.717) is 6.54 Å². The first-order valence-electron chi connectivity index (χ1n) is 5.00. The molecule has 1 aromatic heterocycles. The van der Waals surface area contributed by atoms with Gasteiger partial charge in [-0.25, -0.2) is 4.98 Å². The van der Waals surface area contributed by atoms with E-state index >= 15 is 0 Å². The van der Waals surface area contributed by atoms with Crippen molar-refractivity contribution in [3.63, 3.8) is 0 Å². The zero-order valence-corrected chi connectivity index (χ0v) is 9.75. The first-order valence-corrected chi connectivity index (χ1v) is 5.81. The highest BCUT2D eigenvalue weighted by molar-refractivity contribution is 7.11. The molecule has 0 spiro atoms. The summed E-state index contributed by atoms with van der Waals surface area (Å²) >= 11 is 1.63. The van der Waals surface area contributed by atoms with Crippen LogP contribution < -0.4 is 5.73 Å². The van der Waals surface area contributed by atoms with Crippen LogP contribution in [-0.2, 0) is 11.3 Å². The molecular formula is C10H15N3OS. The monoisotopic (exact) mass is 225 g/mol. The third-order valence-corrected chi connectivity index (χ3v) is 3.49. The second kappa shape index (κ2) is 3.90. The van der Waals surface area contributed by atoms with Crippen molar-refractivity contribution < 1.29 is 4.79 Å². The normalized spacial score (nSPS) is 23.9. The number of aryl methyl sites for hydroxylation is 1. The van der Waals surface area contributed by atoms with E-state index in [9.17, 15) is 4.79 Å². The fourth-order valence-electron chi connectivity index (χ4n) is 1.57. The minimum atomic E-state index is 0.0593. The number of amides is 1. The predicted molar refractivity (Wildman–Crippen MR) is 59.4 cm³/mol. The van der Waals surface area contributed by atoms with Crippen molar-refractivity contribution in [2.24, 2.45) is 11.7 Å². The molecule has 2 rings (SSSR count). The Morgan fingerprint density at radius 3 is 2.93 bits per heavy atom. The molecule has 2 N–H and O–H groups in total. The SMILES string of the molecule is Cc1ncc(CN(C)C(=O)C2CC2N)s1. The number of aromatic nitrogens is 1. The van der Waals surface area contributed by atoms with Gasteiger partial charge in [0.25, 0.3) is 0 Å². The molecule has 1 amide bonds. The third-order valence-electron chi connectivity index (χ3n) is 2.60. The van der Waals surface area contributed by atoms with Crippen molar-refractivity contribution in [1.29, 1.82) is 0 Å². The maximum Gasteiger partial charge on any atom is 0.227 e. The van der Waals surface area contributed by atoms with Crippen LogP contribution >= 0.6 is 11.3 Å². The summed E-state index contributed by atoms with van der Waals surface area (Å²) < 4.78 is 0. The van der Waals surface area contributed by atoms with Gasteiger partial charge in [-0.05, 0) is 13.3 Å². The molecule has 1 aromatic rings.